The van der Waals surface area contributed by atoms with E-state index in [-0.39, 0.29) is 0 Å². The highest BCUT2D eigenvalue weighted by Crippen LogP contribution is 2.30. The third kappa shape index (κ3) is 3.13. The van der Waals surface area contributed by atoms with Gasteiger partial charge in [0.2, 0.25) is 5.71 Å². The average molecular weight is 377 g/mol. The van der Waals surface area contributed by atoms with Crippen LogP contribution in [0.5, 0.6) is 0 Å². The number of pyridine rings is 1. The van der Waals surface area contributed by atoms with Crippen molar-refractivity contribution in [2.24, 2.45) is 10.3 Å². The monoisotopic (exact) mass is 377 g/mol. The number of hydrogen-bond acceptors (Lipinski definition) is 3. The topological polar surface area (TPSA) is 40.6 Å². The Morgan fingerprint density at radius 2 is 1.62 bits per heavy atom. The first-order valence-corrected chi connectivity index (χ1v) is 9.76. The van der Waals surface area contributed by atoms with Crippen molar-refractivity contribution in [3.05, 3.63) is 95.7 Å². The Hall–Kier alpha value is -3.66. The van der Waals surface area contributed by atoms with Gasteiger partial charge in [-0.25, -0.2) is 0 Å². The Morgan fingerprint density at radius 3 is 2.48 bits per heavy atom. The van der Waals surface area contributed by atoms with E-state index in [2.05, 4.69) is 95.9 Å². The van der Waals surface area contributed by atoms with Crippen LogP contribution in [-0.4, -0.2) is 21.9 Å². The fraction of sp³-hybridized carbons (Fsp3) is 0.120. The summed E-state index contributed by atoms with van der Waals surface area (Å²) in [6.07, 6.45) is 1.87. The van der Waals surface area contributed by atoms with E-state index < -0.39 is 0 Å². The normalized spacial score (nSPS) is 13.4. The van der Waals surface area contributed by atoms with Crippen molar-refractivity contribution in [2.45, 2.75) is 13.8 Å². The number of rotatable bonds is 3. The van der Waals surface area contributed by atoms with Crippen LogP contribution in [0.3, 0.4) is 0 Å². The number of aryl methyl sites for hydroxylation is 2. The fourth-order valence-corrected chi connectivity index (χ4v) is 4.02. The van der Waals surface area contributed by atoms with Crippen molar-refractivity contribution in [3.8, 4) is 11.3 Å². The van der Waals surface area contributed by atoms with E-state index in [1.807, 2.05) is 17.0 Å². The Kier molecular flexibility index (Phi) is 4.24. The molecule has 1 aromatic heterocycles. The quantitative estimate of drug-likeness (QED) is 0.402. The Labute approximate surface area is 169 Å². The lowest BCUT2D eigenvalue weighted by Crippen LogP contribution is -2.14. The van der Waals surface area contributed by atoms with Gasteiger partial charge < -0.3 is 0 Å². The molecular formula is C25H21N4+. The lowest BCUT2D eigenvalue weighted by Gasteiger charge is -2.07. The van der Waals surface area contributed by atoms with Crippen LogP contribution < -0.4 is 0 Å². The number of benzene rings is 3. The van der Waals surface area contributed by atoms with E-state index in [0.717, 1.165) is 28.0 Å². The maximum absolute atomic E-state index is 4.65. The third-order valence-corrected chi connectivity index (χ3v) is 5.43. The van der Waals surface area contributed by atoms with Crippen LogP contribution in [0.25, 0.3) is 22.0 Å². The zero-order valence-electron chi connectivity index (χ0n) is 16.5. The minimum absolute atomic E-state index is 0.665. The van der Waals surface area contributed by atoms with Gasteiger partial charge in [0.15, 0.2) is 12.2 Å². The van der Waals surface area contributed by atoms with Crippen molar-refractivity contribution in [2.75, 3.05) is 6.54 Å². The summed E-state index contributed by atoms with van der Waals surface area (Å²) in [7, 11) is 0. The van der Waals surface area contributed by atoms with Crippen molar-refractivity contribution in [3.63, 3.8) is 0 Å². The highest BCUT2D eigenvalue weighted by molar-refractivity contribution is 6.04. The van der Waals surface area contributed by atoms with Crippen LogP contribution in [-0.2, 0) is 0 Å². The summed E-state index contributed by atoms with van der Waals surface area (Å²) in [5.41, 5.74) is 7.75. The van der Waals surface area contributed by atoms with E-state index >= 15 is 0 Å². The summed E-state index contributed by atoms with van der Waals surface area (Å²) < 4.78 is 1.95. The Balaban J connectivity index is 1.49. The molecule has 0 bridgehead atoms. The minimum Gasteiger partial charge on any atom is -0.256 e. The lowest BCUT2D eigenvalue weighted by molar-refractivity contribution is -0.492. The smallest absolute Gasteiger partial charge is 0.231 e. The second kappa shape index (κ2) is 7.06. The molecule has 29 heavy (non-hydrogen) atoms. The van der Waals surface area contributed by atoms with Gasteiger partial charge in [-0.1, -0.05) is 54.6 Å². The molecule has 2 heterocycles. The number of aromatic nitrogens is 1. The molecule has 4 heteroatoms. The summed E-state index contributed by atoms with van der Waals surface area (Å²) >= 11 is 0. The molecule has 0 amide bonds. The highest BCUT2D eigenvalue weighted by Gasteiger charge is 2.26. The zero-order chi connectivity index (χ0) is 19.8. The van der Waals surface area contributed by atoms with Gasteiger partial charge in [-0.05, 0) is 48.6 Å². The standard InChI is InChI=1S/C25H21N4/c1-17-7-5-8-18(2)24(17)23-16-29(28-27-23)21-11-6-10-20(15-21)25-22-12-4-3-9-19(22)13-14-26-25/h3-15H,16H2,1-2H3/q+1. The van der Waals surface area contributed by atoms with E-state index in [9.17, 15) is 0 Å². The van der Waals surface area contributed by atoms with Crippen molar-refractivity contribution >= 4 is 22.2 Å². The third-order valence-electron chi connectivity index (χ3n) is 5.43. The fourth-order valence-electron chi connectivity index (χ4n) is 4.02. The maximum atomic E-state index is 4.65. The van der Waals surface area contributed by atoms with Crippen molar-refractivity contribution < 1.29 is 4.70 Å². The molecule has 0 radical (unpaired) electrons. The molecule has 0 unspecified atom stereocenters. The summed E-state index contributed by atoms with van der Waals surface area (Å²) in [5.74, 6) is 0. The minimum atomic E-state index is 0.665. The van der Waals surface area contributed by atoms with E-state index in [1.165, 1.54) is 22.1 Å². The average Bonchev–Trinajstić information content (AvgIpc) is 3.23. The molecule has 0 aliphatic carbocycles. The Bertz CT molecular complexity index is 1280. The van der Waals surface area contributed by atoms with Gasteiger partial charge in [-0.3, -0.25) is 4.98 Å². The molecule has 0 spiro atoms. The van der Waals surface area contributed by atoms with Gasteiger partial charge in [0.25, 0.3) is 0 Å². The molecule has 0 atom stereocenters. The SMILES string of the molecule is Cc1cccc(C)c1C1=NN=[N+](c2cccc(-c3nccc4ccccc34)c2)C1. The lowest BCUT2D eigenvalue weighted by atomic mass is 9.98. The van der Waals surface area contributed by atoms with Gasteiger partial charge in [-0.15, -0.1) is 4.70 Å². The second-order valence-corrected chi connectivity index (χ2v) is 7.39. The molecule has 5 rings (SSSR count). The van der Waals surface area contributed by atoms with Crippen LogP contribution in [0, 0.1) is 13.8 Å². The predicted molar refractivity (Wildman–Crippen MR) is 117 cm³/mol. The van der Waals surface area contributed by atoms with Crippen molar-refractivity contribution in [1.82, 2.24) is 4.98 Å². The zero-order valence-corrected chi connectivity index (χ0v) is 16.5. The summed E-state index contributed by atoms with van der Waals surface area (Å²) in [6, 6.07) is 25.1. The molecule has 0 N–H and O–H groups in total. The van der Waals surface area contributed by atoms with Crippen LogP contribution in [0.1, 0.15) is 16.7 Å². The van der Waals surface area contributed by atoms with Gasteiger partial charge in [0, 0.05) is 22.7 Å². The van der Waals surface area contributed by atoms with E-state index in [4.69, 9.17) is 0 Å². The first-order chi connectivity index (χ1) is 14.2. The molecule has 4 aromatic rings. The molecule has 3 aromatic carbocycles. The van der Waals surface area contributed by atoms with Crippen molar-refractivity contribution in [1.29, 1.82) is 0 Å². The molecule has 4 nitrogen and oxygen atoms in total. The molecule has 0 fully saturated rings. The first kappa shape index (κ1) is 17.4. The Morgan fingerprint density at radius 1 is 0.828 bits per heavy atom. The molecule has 0 saturated heterocycles. The number of nitrogens with zero attached hydrogens (tertiary/aromatic N) is 4. The van der Waals surface area contributed by atoms with Crippen LogP contribution in [0.15, 0.2) is 89.3 Å². The maximum Gasteiger partial charge on any atom is 0.231 e. The van der Waals surface area contributed by atoms with E-state index in [0.29, 0.717) is 6.54 Å². The molecular weight excluding hydrogens is 356 g/mol. The van der Waals surface area contributed by atoms with Gasteiger partial charge >= 0.3 is 0 Å². The molecule has 0 saturated carbocycles. The van der Waals surface area contributed by atoms with Crippen LogP contribution >= 0.6 is 0 Å². The van der Waals surface area contributed by atoms with Crippen LogP contribution in [0.2, 0.25) is 0 Å². The van der Waals surface area contributed by atoms with Gasteiger partial charge in [0.05, 0.1) is 10.8 Å². The highest BCUT2D eigenvalue weighted by atomic mass is 15.5. The molecule has 1 aliphatic heterocycles. The number of fused-ring (bicyclic) bond motifs is 1. The van der Waals surface area contributed by atoms with Gasteiger partial charge in [-0.2, -0.15) is 0 Å². The summed E-state index contributed by atoms with van der Waals surface area (Å²) in [6.45, 7) is 4.92. The largest absolute Gasteiger partial charge is 0.256 e. The predicted octanol–water partition coefficient (Wildman–Crippen LogP) is 6.03. The number of hydrogen-bond donors (Lipinski definition) is 0. The van der Waals surface area contributed by atoms with Crippen LogP contribution in [0.4, 0.5) is 5.69 Å². The summed E-state index contributed by atoms with van der Waals surface area (Å²) in [5, 5.41) is 11.3. The van der Waals surface area contributed by atoms with Gasteiger partial charge in [0.1, 0.15) is 5.22 Å². The molecule has 1 aliphatic rings. The molecule has 140 valence electrons. The summed E-state index contributed by atoms with van der Waals surface area (Å²) in [4.78, 5) is 4.65. The first-order valence-electron chi connectivity index (χ1n) is 9.76. The van der Waals surface area contributed by atoms with E-state index in [1.54, 1.807) is 0 Å². The second-order valence-electron chi connectivity index (χ2n) is 7.39.